The first-order valence-electron chi connectivity index (χ1n) is 9.76. The molecule has 0 spiro atoms. The Balaban J connectivity index is 1.31. The van der Waals surface area contributed by atoms with Crippen LogP contribution in [0, 0.1) is 0 Å². The van der Waals surface area contributed by atoms with E-state index in [9.17, 15) is 4.79 Å². The maximum atomic E-state index is 12.7. The van der Waals surface area contributed by atoms with E-state index in [0.717, 1.165) is 24.6 Å². The Hall–Kier alpha value is -3.26. The fraction of sp³-hybridized carbons (Fsp3) is 0.333. The highest BCUT2D eigenvalue weighted by Crippen LogP contribution is 2.14. The summed E-state index contributed by atoms with van der Waals surface area (Å²) in [5.41, 5.74) is 0.938. The van der Waals surface area contributed by atoms with Gasteiger partial charge in [0, 0.05) is 26.2 Å². The van der Waals surface area contributed by atoms with Gasteiger partial charge in [-0.1, -0.05) is 36.4 Å². The normalized spacial score (nSPS) is 15.8. The van der Waals surface area contributed by atoms with Crippen molar-refractivity contribution >= 4 is 5.91 Å². The first-order chi connectivity index (χ1) is 14.2. The molecule has 0 saturated carbocycles. The van der Waals surface area contributed by atoms with E-state index in [0.29, 0.717) is 25.4 Å². The van der Waals surface area contributed by atoms with Crippen molar-refractivity contribution in [1.29, 1.82) is 0 Å². The number of para-hydroxylation sites is 2. The lowest BCUT2D eigenvalue weighted by Gasteiger charge is -2.35. The monoisotopic (exact) mass is 392 g/mol. The van der Waals surface area contributed by atoms with E-state index in [4.69, 9.17) is 4.74 Å². The van der Waals surface area contributed by atoms with Crippen LogP contribution in [0.3, 0.4) is 0 Å². The Labute approximate surface area is 169 Å². The average molecular weight is 392 g/mol. The summed E-state index contributed by atoms with van der Waals surface area (Å²) in [4.78, 5) is 16.8. The number of carbonyl (C=O) groups is 1. The van der Waals surface area contributed by atoms with Crippen molar-refractivity contribution in [3.63, 3.8) is 0 Å². The molecule has 1 atom stereocenters. The van der Waals surface area contributed by atoms with Gasteiger partial charge < -0.3 is 9.64 Å². The molecule has 0 N–H and O–H groups in total. The Bertz CT molecular complexity index is 923. The van der Waals surface area contributed by atoms with Crippen LogP contribution in [-0.2, 0) is 11.3 Å². The topological polar surface area (TPSA) is 76.4 Å². The maximum absolute atomic E-state index is 12.7. The number of rotatable bonds is 6. The number of ether oxygens (including phenoxy) is 1. The van der Waals surface area contributed by atoms with Crippen LogP contribution < -0.4 is 4.74 Å². The number of hydrogen-bond acceptors (Lipinski definition) is 6. The highest BCUT2D eigenvalue weighted by molar-refractivity contribution is 5.81. The van der Waals surface area contributed by atoms with E-state index in [2.05, 4.69) is 20.4 Å². The third-order valence-corrected chi connectivity index (χ3v) is 4.99. The van der Waals surface area contributed by atoms with Gasteiger partial charge in [-0.15, -0.1) is 5.10 Å². The fourth-order valence-corrected chi connectivity index (χ4v) is 3.41. The van der Waals surface area contributed by atoms with Crippen LogP contribution >= 0.6 is 0 Å². The summed E-state index contributed by atoms with van der Waals surface area (Å²) in [6.07, 6.45) is -0.505. The lowest BCUT2D eigenvalue weighted by molar-refractivity contribution is -0.139. The Morgan fingerprint density at radius 1 is 1.00 bits per heavy atom. The predicted molar refractivity (Wildman–Crippen MR) is 108 cm³/mol. The van der Waals surface area contributed by atoms with Crippen molar-refractivity contribution in [1.82, 2.24) is 30.0 Å². The van der Waals surface area contributed by atoms with Gasteiger partial charge in [0.15, 0.2) is 11.9 Å². The summed E-state index contributed by atoms with van der Waals surface area (Å²) >= 11 is 0. The van der Waals surface area contributed by atoms with E-state index in [1.807, 2.05) is 65.6 Å². The molecule has 1 aliphatic heterocycles. The molecule has 0 aliphatic carbocycles. The first kappa shape index (κ1) is 19.1. The molecule has 1 fully saturated rings. The van der Waals surface area contributed by atoms with E-state index in [1.54, 1.807) is 11.6 Å². The second kappa shape index (κ2) is 8.83. The molecule has 8 nitrogen and oxygen atoms in total. The molecule has 4 rings (SSSR count). The number of amides is 1. The second-order valence-electron chi connectivity index (χ2n) is 7.02. The molecule has 2 heterocycles. The summed E-state index contributed by atoms with van der Waals surface area (Å²) in [6, 6.07) is 19.3. The van der Waals surface area contributed by atoms with Gasteiger partial charge >= 0.3 is 0 Å². The van der Waals surface area contributed by atoms with Crippen LogP contribution in [0.25, 0.3) is 5.69 Å². The zero-order valence-electron chi connectivity index (χ0n) is 16.4. The van der Waals surface area contributed by atoms with Crippen LogP contribution in [0.5, 0.6) is 5.75 Å². The predicted octanol–water partition coefficient (Wildman–Crippen LogP) is 1.77. The van der Waals surface area contributed by atoms with Crippen molar-refractivity contribution in [3.05, 3.63) is 66.5 Å². The molecule has 1 aromatic heterocycles. The molecule has 1 aliphatic rings. The molecular weight excluding hydrogens is 368 g/mol. The molecule has 0 radical (unpaired) electrons. The number of hydrogen-bond donors (Lipinski definition) is 0. The Kier molecular flexibility index (Phi) is 5.81. The molecule has 8 heteroatoms. The zero-order chi connectivity index (χ0) is 20.1. The summed E-state index contributed by atoms with van der Waals surface area (Å²) in [5.74, 6) is 1.51. The van der Waals surface area contributed by atoms with Crippen LogP contribution in [0.4, 0.5) is 0 Å². The highest BCUT2D eigenvalue weighted by Gasteiger charge is 2.26. The smallest absolute Gasteiger partial charge is 0.263 e. The third-order valence-electron chi connectivity index (χ3n) is 4.99. The summed E-state index contributed by atoms with van der Waals surface area (Å²) < 4.78 is 7.53. The highest BCUT2D eigenvalue weighted by atomic mass is 16.5. The summed E-state index contributed by atoms with van der Waals surface area (Å²) in [5, 5.41) is 12.1. The molecule has 3 aromatic rings. The van der Waals surface area contributed by atoms with Crippen LogP contribution in [0.15, 0.2) is 60.7 Å². The van der Waals surface area contributed by atoms with Crippen LogP contribution in [0.1, 0.15) is 12.7 Å². The molecule has 0 bridgehead atoms. The fourth-order valence-electron chi connectivity index (χ4n) is 3.41. The zero-order valence-corrected chi connectivity index (χ0v) is 16.4. The number of piperazine rings is 1. The third kappa shape index (κ3) is 4.60. The van der Waals surface area contributed by atoms with E-state index in [1.165, 1.54) is 0 Å². The van der Waals surface area contributed by atoms with E-state index in [-0.39, 0.29) is 5.91 Å². The van der Waals surface area contributed by atoms with Crippen molar-refractivity contribution in [3.8, 4) is 11.4 Å². The van der Waals surface area contributed by atoms with Crippen molar-refractivity contribution in [2.75, 3.05) is 26.2 Å². The quantitative estimate of drug-likeness (QED) is 0.636. The van der Waals surface area contributed by atoms with Gasteiger partial charge in [-0.25, -0.2) is 0 Å². The Morgan fingerprint density at radius 3 is 2.34 bits per heavy atom. The molecule has 2 aromatic carbocycles. The minimum Gasteiger partial charge on any atom is -0.481 e. The van der Waals surface area contributed by atoms with Crippen molar-refractivity contribution < 1.29 is 9.53 Å². The number of aromatic nitrogens is 4. The lowest BCUT2D eigenvalue weighted by Crippen LogP contribution is -2.51. The molecule has 1 amide bonds. The molecule has 1 unspecified atom stereocenters. The number of nitrogens with zero attached hydrogens (tertiary/aromatic N) is 6. The minimum atomic E-state index is -0.505. The van der Waals surface area contributed by atoms with Gasteiger partial charge in [0.2, 0.25) is 0 Å². The Morgan fingerprint density at radius 2 is 1.66 bits per heavy atom. The van der Waals surface area contributed by atoms with Crippen LogP contribution in [-0.4, -0.2) is 68.2 Å². The van der Waals surface area contributed by atoms with Gasteiger partial charge in [-0.05, 0) is 41.6 Å². The van der Waals surface area contributed by atoms with Crippen molar-refractivity contribution in [2.45, 2.75) is 19.6 Å². The summed E-state index contributed by atoms with van der Waals surface area (Å²) in [7, 11) is 0. The number of carbonyl (C=O) groups excluding carboxylic acids is 1. The van der Waals surface area contributed by atoms with Gasteiger partial charge in [0.25, 0.3) is 5.91 Å². The van der Waals surface area contributed by atoms with Gasteiger partial charge in [-0.3, -0.25) is 9.69 Å². The number of tetrazole rings is 1. The molecular formula is C21H24N6O2. The lowest BCUT2D eigenvalue weighted by atomic mass is 10.2. The average Bonchev–Trinajstić information content (AvgIpc) is 3.23. The van der Waals surface area contributed by atoms with Gasteiger partial charge in [0.1, 0.15) is 5.75 Å². The van der Waals surface area contributed by atoms with Crippen LogP contribution in [0.2, 0.25) is 0 Å². The molecule has 150 valence electrons. The SMILES string of the molecule is CC(Oc1ccccc1)C(=O)N1CCN(Cc2nnnn2-c2ccccc2)CC1. The number of benzene rings is 2. The first-order valence-corrected chi connectivity index (χ1v) is 9.76. The van der Waals surface area contributed by atoms with E-state index < -0.39 is 6.10 Å². The maximum Gasteiger partial charge on any atom is 0.263 e. The standard InChI is InChI=1S/C21H24N6O2/c1-17(29-19-10-6-3-7-11-19)21(28)26-14-12-25(13-15-26)16-20-22-23-24-27(20)18-8-4-2-5-9-18/h2-11,17H,12-16H2,1H3. The van der Waals surface area contributed by atoms with Gasteiger partial charge in [-0.2, -0.15) is 4.68 Å². The largest absolute Gasteiger partial charge is 0.481 e. The molecule has 29 heavy (non-hydrogen) atoms. The van der Waals surface area contributed by atoms with Crippen molar-refractivity contribution in [2.24, 2.45) is 0 Å². The molecule has 1 saturated heterocycles. The second-order valence-corrected chi connectivity index (χ2v) is 7.02. The van der Waals surface area contributed by atoms with E-state index >= 15 is 0 Å². The van der Waals surface area contributed by atoms with Gasteiger partial charge in [0.05, 0.1) is 12.2 Å². The minimum absolute atomic E-state index is 0.0163. The summed E-state index contributed by atoms with van der Waals surface area (Å²) in [6.45, 7) is 5.30.